The van der Waals surface area contributed by atoms with Gasteiger partial charge in [-0.05, 0) is 18.1 Å². The second-order valence-corrected chi connectivity index (χ2v) is 5.34. The average Bonchev–Trinajstić information content (AvgIpc) is 2.91. The van der Waals surface area contributed by atoms with E-state index in [0.29, 0.717) is 25.9 Å². The fourth-order valence-electron chi connectivity index (χ4n) is 2.39. The maximum Gasteiger partial charge on any atom is 0.245 e. The van der Waals surface area contributed by atoms with Crippen LogP contribution in [0.25, 0.3) is 0 Å². The first kappa shape index (κ1) is 14.6. The standard InChI is InChI=1S/C15H22N2O3/c1-3-11(2)14-15(19)17(9-7-13(18)16-14)8-6-12-5-4-10-20-12/h4-5,10-11,14H,3,6-9H2,1-2H3,(H,16,18). The van der Waals surface area contributed by atoms with Gasteiger partial charge in [0.1, 0.15) is 11.8 Å². The molecule has 1 N–H and O–H groups in total. The van der Waals surface area contributed by atoms with Crippen molar-refractivity contribution < 1.29 is 14.0 Å². The van der Waals surface area contributed by atoms with Crippen molar-refractivity contribution in [2.75, 3.05) is 13.1 Å². The van der Waals surface area contributed by atoms with E-state index in [9.17, 15) is 9.59 Å². The predicted octanol–water partition coefficient (Wildman–Crippen LogP) is 1.59. The first-order valence-electron chi connectivity index (χ1n) is 7.22. The first-order chi connectivity index (χ1) is 9.61. The van der Waals surface area contributed by atoms with Crippen LogP contribution in [0, 0.1) is 5.92 Å². The Kier molecular flexibility index (Phi) is 4.82. The first-order valence-corrected chi connectivity index (χ1v) is 7.22. The molecule has 110 valence electrons. The van der Waals surface area contributed by atoms with E-state index in [-0.39, 0.29) is 17.7 Å². The minimum atomic E-state index is -0.397. The summed E-state index contributed by atoms with van der Waals surface area (Å²) < 4.78 is 5.29. The Morgan fingerprint density at radius 1 is 1.50 bits per heavy atom. The van der Waals surface area contributed by atoms with Crippen molar-refractivity contribution in [1.29, 1.82) is 0 Å². The van der Waals surface area contributed by atoms with Crippen molar-refractivity contribution in [1.82, 2.24) is 10.2 Å². The topological polar surface area (TPSA) is 62.6 Å². The SMILES string of the molecule is CCC(C)C1NC(=O)CCN(CCc2ccco2)C1=O. The van der Waals surface area contributed by atoms with Crippen LogP contribution < -0.4 is 5.32 Å². The molecule has 0 saturated carbocycles. The molecule has 1 aliphatic heterocycles. The Morgan fingerprint density at radius 2 is 2.30 bits per heavy atom. The van der Waals surface area contributed by atoms with Crippen LogP contribution in [0.15, 0.2) is 22.8 Å². The third kappa shape index (κ3) is 3.40. The molecule has 0 bridgehead atoms. The highest BCUT2D eigenvalue weighted by Crippen LogP contribution is 2.15. The van der Waals surface area contributed by atoms with Gasteiger partial charge in [-0.25, -0.2) is 0 Å². The van der Waals surface area contributed by atoms with Gasteiger partial charge >= 0.3 is 0 Å². The minimum Gasteiger partial charge on any atom is -0.469 e. The van der Waals surface area contributed by atoms with E-state index in [1.807, 2.05) is 26.0 Å². The molecule has 5 heteroatoms. The maximum absolute atomic E-state index is 12.5. The molecule has 0 aliphatic carbocycles. The quantitative estimate of drug-likeness (QED) is 0.889. The zero-order chi connectivity index (χ0) is 14.5. The summed E-state index contributed by atoms with van der Waals surface area (Å²) in [6, 6.07) is 3.34. The van der Waals surface area contributed by atoms with Crippen LogP contribution in [0.2, 0.25) is 0 Å². The van der Waals surface area contributed by atoms with Gasteiger partial charge in [0.2, 0.25) is 11.8 Å². The van der Waals surface area contributed by atoms with Gasteiger partial charge in [-0.2, -0.15) is 0 Å². The second-order valence-electron chi connectivity index (χ2n) is 5.34. The average molecular weight is 278 g/mol. The minimum absolute atomic E-state index is 0.0248. The number of hydrogen-bond donors (Lipinski definition) is 1. The van der Waals surface area contributed by atoms with E-state index in [1.165, 1.54) is 0 Å². The Labute approximate surface area is 119 Å². The van der Waals surface area contributed by atoms with Crippen LogP contribution in [0.4, 0.5) is 0 Å². The normalized spacial score (nSPS) is 21.5. The van der Waals surface area contributed by atoms with E-state index in [1.54, 1.807) is 11.2 Å². The fraction of sp³-hybridized carbons (Fsp3) is 0.600. The summed E-state index contributed by atoms with van der Waals surface area (Å²) in [6.45, 7) is 5.10. The molecular weight excluding hydrogens is 256 g/mol. The number of furan rings is 1. The van der Waals surface area contributed by atoms with Gasteiger partial charge in [-0.15, -0.1) is 0 Å². The fourth-order valence-corrected chi connectivity index (χ4v) is 2.39. The molecule has 1 aromatic rings. The molecule has 2 rings (SSSR count). The van der Waals surface area contributed by atoms with Crippen molar-refractivity contribution >= 4 is 11.8 Å². The molecule has 1 saturated heterocycles. The molecular formula is C15H22N2O3. The molecule has 0 aromatic carbocycles. The molecule has 1 aliphatic rings. The van der Waals surface area contributed by atoms with Crippen LogP contribution in [0.5, 0.6) is 0 Å². The summed E-state index contributed by atoms with van der Waals surface area (Å²) >= 11 is 0. The molecule has 2 amide bonds. The Morgan fingerprint density at radius 3 is 2.95 bits per heavy atom. The molecule has 2 atom stereocenters. The second kappa shape index (κ2) is 6.59. The van der Waals surface area contributed by atoms with Crippen molar-refractivity contribution in [3.05, 3.63) is 24.2 Å². The third-order valence-electron chi connectivity index (χ3n) is 3.92. The van der Waals surface area contributed by atoms with E-state index in [4.69, 9.17) is 4.42 Å². The van der Waals surface area contributed by atoms with E-state index in [2.05, 4.69) is 5.32 Å². The Bertz CT molecular complexity index is 456. The van der Waals surface area contributed by atoms with Gasteiger partial charge in [0.15, 0.2) is 0 Å². The number of carbonyl (C=O) groups is 2. The van der Waals surface area contributed by atoms with Gasteiger partial charge in [0.05, 0.1) is 6.26 Å². The number of rotatable bonds is 5. The van der Waals surface area contributed by atoms with Crippen LogP contribution >= 0.6 is 0 Å². The van der Waals surface area contributed by atoms with Crippen LogP contribution in [-0.4, -0.2) is 35.8 Å². The zero-order valence-electron chi connectivity index (χ0n) is 12.1. The predicted molar refractivity (Wildman–Crippen MR) is 75.0 cm³/mol. The van der Waals surface area contributed by atoms with Crippen LogP contribution in [0.1, 0.15) is 32.4 Å². The lowest BCUT2D eigenvalue weighted by Crippen LogP contribution is -2.48. The summed E-state index contributed by atoms with van der Waals surface area (Å²) in [4.78, 5) is 26.0. The summed E-state index contributed by atoms with van der Waals surface area (Å²) in [5, 5.41) is 2.85. The number of nitrogens with zero attached hydrogens (tertiary/aromatic N) is 1. The lowest BCUT2D eigenvalue weighted by atomic mass is 9.98. The van der Waals surface area contributed by atoms with Crippen molar-refractivity contribution in [2.45, 2.75) is 39.2 Å². The van der Waals surface area contributed by atoms with Crippen molar-refractivity contribution in [3.8, 4) is 0 Å². The highest BCUT2D eigenvalue weighted by Gasteiger charge is 2.32. The summed E-state index contributed by atoms with van der Waals surface area (Å²) in [7, 11) is 0. The lowest BCUT2D eigenvalue weighted by molar-refractivity contribution is -0.134. The number of amides is 2. The molecule has 2 heterocycles. The highest BCUT2D eigenvalue weighted by atomic mass is 16.3. The lowest BCUT2D eigenvalue weighted by Gasteiger charge is -2.26. The Balaban J connectivity index is 2.03. The van der Waals surface area contributed by atoms with E-state index >= 15 is 0 Å². The van der Waals surface area contributed by atoms with E-state index < -0.39 is 6.04 Å². The zero-order valence-corrected chi connectivity index (χ0v) is 12.1. The molecule has 20 heavy (non-hydrogen) atoms. The van der Waals surface area contributed by atoms with Gasteiger partial charge in [-0.3, -0.25) is 9.59 Å². The van der Waals surface area contributed by atoms with Gasteiger partial charge in [-0.1, -0.05) is 20.3 Å². The third-order valence-corrected chi connectivity index (χ3v) is 3.92. The van der Waals surface area contributed by atoms with Crippen LogP contribution in [-0.2, 0) is 16.0 Å². The van der Waals surface area contributed by atoms with Crippen molar-refractivity contribution in [2.24, 2.45) is 5.92 Å². The van der Waals surface area contributed by atoms with Gasteiger partial charge < -0.3 is 14.6 Å². The van der Waals surface area contributed by atoms with Gasteiger partial charge in [0.25, 0.3) is 0 Å². The summed E-state index contributed by atoms with van der Waals surface area (Å²) in [5.74, 6) is 0.998. The molecule has 1 aromatic heterocycles. The largest absolute Gasteiger partial charge is 0.469 e. The molecule has 0 spiro atoms. The highest BCUT2D eigenvalue weighted by molar-refractivity contribution is 5.90. The summed E-state index contributed by atoms with van der Waals surface area (Å²) in [5.41, 5.74) is 0. The molecule has 5 nitrogen and oxygen atoms in total. The molecule has 1 fully saturated rings. The van der Waals surface area contributed by atoms with Crippen molar-refractivity contribution in [3.63, 3.8) is 0 Å². The van der Waals surface area contributed by atoms with E-state index in [0.717, 1.165) is 12.2 Å². The number of carbonyl (C=O) groups excluding carboxylic acids is 2. The monoisotopic (exact) mass is 278 g/mol. The number of nitrogens with one attached hydrogen (secondary N) is 1. The smallest absolute Gasteiger partial charge is 0.245 e. The maximum atomic E-state index is 12.5. The van der Waals surface area contributed by atoms with Gasteiger partial charge in [0, 0.05) is 25.9 Å². The molecule has 2 unspecified atom stereocenters. The Hall–Kier alpha value is -1.78. The van der Waals surface area contributed by atoms with Crippen LogP contribution in [0.3, 0.4) is 0 Å². The summed E-state index contributed by atoms with van der Waals surface area (Å²) in [6.07, 6.45) is 3.55. The molecule has 0 radical (unpaired) electrons. The number of hydrogen-bond acceptors (Lipinski definition) is 3.